The second-order valence-corrected chi connectivity index (χ2v) is 10.1. The molecule has 2 aliphatic rings. The van der Waals surface area contributed by atoms with Crippen LogP contribution in [0.15, 0.2) is 18.2 Å². The van der Waals surface area contributed by atoms with Crippen LogP contribution >= 0.6 is 0 Å². The zero-order chi connectivity index (χ0) is 24.2. The molecule has 1 N–H and O–H groups in total. The number of nitrogens with zero attached hydrogens (tertiary/aromatic N) is 1. The molecule has 0 amide bonds. The quantitative estimate of drug-likeness (QED) is 0.631. The highest BCUT2D eigenvalue weighted by Gasteiger charge is 2.61. The standard InChI is InChI=1S/C18H27NO5S.C2HF3O2/c1-4-24-11-15-5-6-25(20,21)18(15)12-19(13-18)10-14-7-16(22-2)9-17(8-14)23-3;3-2(4,5)1(6)7/h7-9,15H,4-6,10-13H2,1-3H3;(H,6,7). The lowest BCUT2D eigenvalue weighted by molar-refractivity contribution is -0.192. The molecule has 0 saturated carbocycles. The highest BCUT2D eigenvalue weighted by atomic mass is 32.2. The Balaban J connectivity index is 0.000000451. The van der Waals surface area contributed by atoms with Crippen molar-refractivity contribution in [2.75, 3.05) is 46.3 Å². The van der Waals surface area contributed by atoms with Gasteiger partial charge in [-0.05, 0) is 31.0 Å². The molecular formula is C20H28F3NO7S. The van der Waals surface area contributed by atoms with Crippen LogP contribution < -0.4 is 9.47 Å². The first-order valence-corrected chi connectivity index (χ1v) is 11.6. The summed E-state index contributed by atoms with van der Waals surface area (Å²) in [6.07, 6.45) is -4.37. The van der Waals surface area contributed by atoms with E-state index in [-0.39, 0.29) is 11.7 Å². The second kappa shape index (κ2) is 10.3. The van der Waals surface area contributed by atoms with Gasteiger partial charge in [-0.3, -0.25) is 4.90 Å². The van der Waals surface area contributed by atoms with Crippen LogP contribution in [0.5, 0.6) is 11.5 Å². The molecule has 2 aliphatic heterocycles. The molecule has 0 aliphatic carbocycles. The van der Waals surface area contributed by atoms with E-state index < -0.39 is 26.7 Å². The number of alkyl halides is 3. The molecule has 2 fully saturated rings. The third-order valence-electron chi connectivity index (χ3n) is 5.66. The SMILES string of the molecule is CCOCC1CCS(=O)(=O)C12CN(Cc1cc(OC)cc(OC)c1)C2.O=C(O)C(F)(F)F. The van der Waals surface area contributed by atoms with Gasteiger partial charge in [0.1, 0.15) is 16.2 Å². The van der Waals surface area contributed by atoms with Gasteiger partial charge < -0.3 is 19.3 Å². The molecule has 8 nitrogen and oxygen atoms in total. The van der Waals surface area contributed by atoms with Gasteiger partial charge in [-0.15, -0.1) is 0 Å². The molecule has 1 spiro atoms. The number of ether oxygens (including phenoxy) is 3. The van der Waals surface area contributed by atoms with Gasteiger partial charge in [0, 0.05) is 38.2 Å². The lowest BCUT2D eigenvalue weighted by Gasteiger charge is -2.50. The zero-order valence-corrected chi connectivity index (χ0v) is 19.0. The maximum absolute atomic E-state index is 12.6. The van der Waals surface area contributed by atoms with Crippen LogP contribution in [-0.2, 0) is 25.9 Å². The van der Waals surface area contributed by atoms with E-state index in [0.29, 0.717) is 39.3 Å². The van der Waals surface area contributed by atoms with E-state index >= 15 is 0 Å². The van der Waals surface area contributed by atoms with Gasteiger partial charge in [-0.1, -0.05) is 0 Å². The fourth-order valence-corrected chi connectivity index (χ4v) is 6.46. The Labute approximate surface area is 185 Å². The van der Waals surface area contributed by atoms with Gasteiger partial charge in [-0.25, -0.2) is 13.2 Å². The Morgan fingerprint density at radius 1 is 1.19 bits per heavy atom. The van der Waals surface area contributed by atoms with Crippen molar-refractivity contribution in [3.8, 4) is 11.5 Å². The molecule has 1 unspecified atom stereocenters. The van der Waals surface area contributed by atoms with Crippen molar-refractivity contribution in [2.24, 2.45) is 5.92 Å². The molecule has 3 rings (SSSR count). The first kappa shape index (κ1) is 26.2. The van der Waals surface area contributed by atoms with E-state index in [0.717, 1.165) is 17.1 Å². The van der Waals surface area contributed by atoms with E-state index in [1.807, 2.05) is 25.1 Å². The molecule has 2 saturated heterocycles. The lowest BCUT2D eigenvalue weighted by atomic mass is 9.83. The molecule has 0 aromatic heterocycles. The van der Waals surface area contributed by atoms with Crippen LogP contribution in [0.1, 0.15) is 18.9 Å². The summed E-state index contributed by atoms with van der Waals surface area (Å²) in [6.45, 7) is 4.95. The first-order valence-electron chi connectivity index (χ1n) is 9.93. The number of halogens is 3. The highest BCUT2D eigenvalue weighted by molar-refractivity contribution is 7.93. The van der Waals surface area contributed by atoms with Crippen LogP contribution in [0.3, 0.4) is 0 Å². The maximum atomic E-state index is 12.6. The average molecular weight is 484 g/mol. The van der Waals surface area contributed by atoms with Crippen molar-refractivity contribution in [3.05, 3.63) is 23.8 Å². The fraction of sp³-hybridized carbons (Fsp3) is 0.650. The summed E-state index contributed by atoms with van der Waals surface area (Å²) < 4.78 is 72.5. The molecule has 0 bridgehead atoms. The number of aliphatic carboxylic acids is 1. The van der Waals surface area contributed by atoms with Crippen molar-refractivity contribution < 1.29 is 45.7 Å². The largest absolute Gasteiger partial charge is 0.497 e. The first-order chi connectivity index (χ1) is 14.9. The van der Waals surface area contributed by atoms with Crippen LogP contribution in [-0.4, -0.2) is 81.6 Å². The minimum absolute atomic E-state index is 0.105. The van der Waals surface area contributed by atoms with Crippen molar-refractivity contribution in [1.29, 1.82) is 0 Å². The van der Waals surface area contributed by atoms with Gasteiger partial charge in [0.25, 0.3) is 0 Å². The predicted molar refractivity (Wildman–Crippen MR) is 110 cm³/mol. The minimum atomic E-state index is -5.08. The van der Waals surface area contributed by atoms with E-state index in [4.69, 9.17) is 24.1 Å². The fourth-order valence-electron chi connectivity index (χ4n) is 4.01. The van der Waals surface area contributed by atoms with Gasteiger partial charge in [-0.2, -0.15) is 13.2 Å². The van der Waals surface area contributed by atoms with Gasteiger partial charge in [0.2, 0.25) is 0 Å². The lowest BCUT2D eigenvalue weighted by Crippen LogP contribution is -2.67. The van der Waals surface area contributed by atoms with Crippen LogP contribution in [0.4, 0.5) is 13.2 Å². The van der Waals surface area contributed by atoms with Gasteiger partial charge in [0.05, 0.1) is 26.6 Å². The molecule has 12 heteroatoms. The number of hydrogen-bond donors (Lipinski definition) is 1. The smallest absolute Gasteiger partial charge is 0.490 e. The molecule has 32 heavy (non-hydrogen) atoms. The number of likely N-dealkylation sites (tertiary alicyclic amines) is 1. The molecule has 1 atom stereocenters. The van der Waals surface area contributed by atoms with Crippen LogP contribution in [0, 0.1) is 5.92 Å². The number of rotatable bonds is 7. The summed E-state index contributed by atoms with van der Waals surface area (Å²) in [5.41, 5.74) is 1.06. The predicted octanol–water partition coefficient (Wildman–Crippen LogP) is 2.36. The number of sulfone groups is 1. The van der Waals surface area contributed by atoms with E-state index in [9.17, 15) is 21.6 Å². The summed E-state index contributed by atoms with van der Waals surface area (Å²) in [7, 11) is 0.200. The van der Waals surface area contributed by atoms with Gasteiger partial charge >= 0.3 is 12.1 Å². The molecule has 1 aromatic rings. The summed E-state index contributed by atoms with van der Waals surface area (Å²) in [4.78, 5) is 11.1. The monoisotopic (exact) mass is 483 g/mol. The highest BCUT2D eigenvalue weighted by Crippen LogP contribution is 2.45. The van der Waals surface area contributed by atoms with Crippen LogP contribution in [0.2, 0.25) is 0 Å². The third kappa shape index (κ3) is 5.84. The Kier molecular flexibility index (Phi) is 8.40. The van der Waals surface area contributed by atoms with Crippen molar-refractivity contribution >= 4 is 15.8 Å². The summed E-state index contributed by atoms with van der Waals surface area (Å²) in [5.74, 6) is -0.883. The molecule has 182 valence electrons. The van der Waals surface area contributed by atoms with E-state index in [2.05, 4.69) is 4.90 Å². The summed E-state index contributed by atoms with van der Waals surface area (Å²) in [6, 6.07) is 5.77. The number of carboxylic acids is 1. The van der Waals surface area contributed by atoms with Crippen molar-refractivity contribution in [1.82, 2.24) is 4.90 Å². The number of benzene rings is 1. The molecule has 0 radical (unpaired) electrons. The van der Waals surface area contributed by atoms with E-state index in [1.165, 1.54) is 0 Å². The number of hydrogen-bond acceptors (Lipinski definition) is 7. The third-order valence-corrected chi connectivity index (χ3v) is 8.27. The Hall–Kier alpha value is -2.05. The molecule has 2 heterocycles. The summed E-state index contributed by atoms with van der Waals surface area (Å²) in [5, 5.41) is 7.12. The number of carboxylic acid groups (broad SMARTS) is 1. The Bertz CT molecular complexity index is 877. The maximum Gasteiger partial charge on any atom is 0.490 e. The topological polar surface area (TPSA) is 102 Å². The summed E-state index contributed by atoms with van der Waals surface area (Å²) >= 11 is 0. The van der Waals surface area contributed by atoms with Gasteiger partial charge in [0.15, 0.2) is 9.84 Å². The average Bonchev–Trinajstić information content (AvgIpc) is 2.96. The Morgan fingerprint density at radius 3 is 2.16 bits per heavy atom. The molecular weight excluding hydrogens is 455 g/mol. The molecule has 1 aromatic carbocycles. The minimum Gasteiger partial charge on any atom is -0.497 e. The second-order valence-electron chi connectivity index (χ2n) is 7.70. The normalized spacial score (nSPS) is 21.4. The van der Waals surface area contributed by atoms with Crippen LogP contribution in [0.25, 0.3) is 0 Å². The van der Waals surface area contributed by atoms with E-state index in [1.54, 1.807) is 14.2 Å². The number of methoxy groups -OCH3 is 2. The van der Waals surface area contributed by atoms with Crippen molar-refractivity contribution in [2.45, 2.75) is 30.8 Å². The Morgan fingerprint density at radius 2 is 1.72 bits per heavy atom. The van der Waals surface area contributed by atoms with Crippen molar-refractivity contribution in [3.63, 3.8) is 0 Å². The zero-order valence-electron chi connectivity index (χ0n) is 18.1. The number of carbonyl (C=O) groups is 1.